The summed E-state index contributed by atoms with van der Waals surface area (Å²) in [6.07, 6.45) is 0. The predicted octanol–water partition coefficient (Wildman–Crippen LogP) is 2.45. The number of esters is 1. The molecule has 122 valence electrons. The molecular weight excluding hydrogens is 334 g/mol. The second-order valence-corrected chi connectivity index (χ2v) is 5.38. The van der Waals surface area contributed by atoms with Gasteiger partial charge in [-0.05, 0) is 30.3 Å². The maximum atomic E-state index is 11.9. The van der Waals surface area contributed by atoms with Gasteiger partial charge in [-0.15, -0.1) is 0 Å². The third kappa shape index (κ3) is 3.52. The molecule has 3 aromatic rings. The van der Waals surface area contributed by atoms with Crippen molar-refractivity contribution in [1.29, 1.82) is 0 Å². The zero-order chi connectivity index (χ0) is 17.1. The summed E-state index contributed by atoms with van der Waals surface area (Å²) in [7, 11) is 1.45. The molecule has 0 atom stereocenters. The third-order valence-electron chi connectivity index (χ3n) is 3.21. The maximum Gasteiger partial charge on any atom is 0.359 e. The molecule has 0 aliphatic carbocycles. The van der Waals surface area contributed by atoms with Gasteiger partial charge >= 0.3 is 5.97 Å². The molecule has 24 heavy (non-hydrogen) atoms. The summed E-state index contributed by atoms with van der Waals surface area (Å²) in [6.45, 7) is -0.0690. The molecule has 0 radical (unpaired) electrons. The van der Waals surface area contributed by atoms with E-state index >= 15 is 0 Å². The molecule has 7 nitrogen and oxygen atoms in total. The summed E-state index contributed by atoms with van der Waals surface area (Å²) in [6, 6.07) is 11.3. The van der Waals surface area contributed by atoms with E-state index in [1.54, 1.807) is 30.3 Å². The average Bonchev–Trinajstić information content (AvgIpc) is 3.05. The Morgan fingerprint density at radius 1 is 1.25 bits per heavy atom. The van der Waals surface area contributed by atoms with Crippen LogP contribution in [0.3, 0.4) is 0 Å². The van der Waals surface area contributed by atoms with Crippen molar-refractivity contribution in [1.82, 2.24) is 14.9 Å². The molecule has 0 unspecified atom stereocenters. The van der Waals surface area contributed by atoms with Gasteiger partial charge in [0.15, 0.2) is 11.5 Å². The second-order valence-electron chi connectivity index (χ2n) is 4.95. The van der Waals surface area contributed by atoms with Gasteiger partial charge in [0.05, 0.1) is 0 Å². The number of benzene rings is 1. The van der Waals surface area contributed by atoms with E-state index in [4.69, 9.17) is 20.9 Å². The van der Waals surface area contributed by atoms with E-state index in [0.29, 0.717) is 16.5 Å². The van der Waals surface area contributed by atoms with Gasteiger partial charge < -0.3 is 9.26 Å². The number of hydrogen-bond donors (Lipinski definition) is 0. The van der Waals surface area contributed by atoms with Crippen molar-refractivity contribution in [3.05, 3.63) is 69.2 Å². The summed E-state index contributed by atoms with van der Waals surface area (Å²) in [5.41, 5.74) is 0.997. The number of ether oxygens (including phenoxy) is 1. The molecule has 0 saturated heterocycles. The summed E-state index contributed by atoms with van der Waals surface area (Å²) < 4.78 is 11.4. The Balaban J connectivity index is 1.66. The number of halogens is 1. The minimum Gasteiger partial charge on any atom is -0.454 e. The van der Waals surface area contributed by atoms with Crippen LogP contribution in [0, 0.1) is 0 Å². The molecule has 0 amide bonds. The Labute approximate surface area is 141 Å². The van der Waals surface area contributed by atoms with Gasteiger partial charge in [-0.3, -0.25) is 4.79 Å². The lowest BCUT2D eigenvalue weighted by molar-refractivity contribution is 0.0454. The first-order chi connectivity index (χ1) is 11.5. The van der Waals surface area contributed by atoms with Crippen LogP contribution in [-0.4, -0.2) is 20.9 Å². The van der Waals surface area contributed by atoms with Crippen molar-refractivity contribution in [2.45, 2.75) is 6.61 Å². The summed E-state index contributed by atoms with van der Waals surface area (Å²) >= 11 is 5.84. The number of hydrogen-bond acceptors (Lipinski definition) is 6. The highest BCUT2D eigenvalue weighted by molar-refractivity contribution is 6.30. The fourth-order valence-electron chi connectivity index (χ4n) is 1.95. The van der Waals surface area contributed by atoms with Crippen LogP contribution in [0.2, 0.25) is 5.02 Å². The lowest BCUT2D eigenvalue weighted by Gasteiger charge is -2.02. The molecule has 2 aromatic heterocycles. The average molecular weight is 346 g/mol. The van der Waals surface area contributed by atoms with E-state index in [2.05, 4.69) is 10.3 Å². The topological polar surface area (TPSA) is 87.2 Å². The van der Waals surface area contributed by atoms with Crippen molar-refractivity contribution in [2.75, 3.05) is 0 Å². The van der Waals surface area contributed by atoms with Crippen molar-refractivity contribution < 1.29 is 14.1 Å². The van der Waals surface area contributed by atoms with Crippen LogP contribution in [0.5, 0.6) is 0 Å². The lowest BCUT2D eigenvalue weighted by Crippen LogP contribution is -2.21. The lowest BCUT2D eigenvalue weighted by atomic mass is 10.2. The molecular formula is C16H12ClN3O4. The molecule has 8 heteroatoms. The van der Waals surface area contributed by atoms with Gasteiger partial charge in [-0.2, -0.15) is 5.10 Å². The Hall–Kier alpha value is -2.93. The molecule has 0 fully saturated rings. The highest BCUT2D eigenvalue weighted by atomic mass is 35.5. The SMILES string of the molecule is Cn1nc(C(=O)OCc2cc(-c3ccc(Cl)cc3)on2)ccc1=O. The zero-order valence-electron chi connectivity index (χ0n) is 12.6. The summed E-state index contributed by atoms with van der Waals surface area (Å²) in [4.78, 5) is 23.2. The standard InChI is InChI=1S/C16H12ClN3O4/c1-20-15(21)7-6-13(18-20)16(22)23-9-12-8-14(24-19-12)10-2-4-11(17)5-3-10/h2-8H,9H2,1H3. The fraction of sp³-hybridized carbons (Fsp3) is 0.125. The van der Waals surface area contributed by atoms with Crippen LogP contribution in [0.15, 0.2) is 51.8 Å². The molecule has 0 saturated carbocycles. The summed E-state index contributed by atoms with van der Waals surface area (Å²) in [5, 5.41) is 8.29. The molecule has 0 bridgehead atoms. The Morgan fingerprint density at radius 3 is 2.71 bits per heavy atom. The van der Waals surface area contributed by atoms with Crippen molar-refractivity contribution in [2.24, 2.45) is 7.05 Å². The van der Waals surface area contributed by atoms with Crippen LogP contribution in [-0.2, 0) is 18.4 Å². The predicted molar refractivity (Wildman–Crippen MR) is 85.5 cm³/mol. The first-order valence-electron chi connectivity index (χ1n) is 6.96. The van der Waals surface area contributed by atoms with Crippen LogP contribution in [0.25, 0.3) is 11.3 Å². The highest BCUT2D eigenvalue weighted by Gasteiger charge is 2.13. The molecule has 2 heterocycles. The van der Waals surface area contributed by atoms with Gasteiger partial charge in [0.2, 0.25) is 0 Å². The molecule has 0 spiro atoms. The third-order valence-corrected chi connectivity index (χ3v) is 3.46. The van der Waals surface area contributed by atoms with Crippen molar-refractivity contribution in [3.63, 3.8) is 0 Å². The minimum atomic E-state index is -0.651. The normalized spacial score (nSPS) is 10.6. The molecule has 0 N–H and O–H groups in total. The van der Waals surface area contributed by atoms with E-state index in [-0.39, 0.29) is 17.9 Å². The Bertz CT molecular complexity index is 931. The van der Waals surface area contributed by atoms with Gasteiger partial charge in [-0.25, -0.2) is 9.48 Å². The number of carbonyl (C=O) groups excluding carboxylic acids is 1. The van der Waals surface area contributed by atoms with Gasteiger partial charge in [0.1, 0.15) is 12.3 Å². The zero-order valence-corrected chi connectivity index (χ0v) is 13.4. The first kappa shape index (κ1) is 15.9. The first-order valence-corrected chi connectivity index (χ1v) is 7.34. The molecule has 0 aliphatic heterocycles. The Kier molecular flexibility index (Phi) is 4.43. The number of aryl methyl sites for hydroxylation is 1. The molecule has 0 aliphatic rings. The monoisotopic (exact) mass is 345 g/mol. The van der Waals surface area contributed by atoms with Crippen LogP contribution in [0.1, 0.15) is 16.2 Å². The number of aromatic nitrogens is 3. The number of carbonyl (C=O) groups is 1. The van der Waals surface area contributed by atoms with E-state index in [9.17, 15) is 9.59 Å². The molecule has 1 aromatic carbocycles. The number of nitrogens with zero attached hydrogens (tertiary/aromatic N) is 3. The quantitative estimate of drug-likeness (QED) is 0.675. The summed E-state index contributed by atoms with van der Waals surface area (Å²) in [5.74, 6) is -0.111. The maximum absolute atomic E-state index is 11.9. The van der Waals surface area contributed by atoms with Crippen molar-refractivity contribution in [3.8, 4) is 11.3 Å². The van der Waals surface area contributed by atoms with E-state index in [0.717, 1.165) is 10.2 Å². The van der Waals surface area contributed by atoms with E-state index in [1.807, 2.05) is 0 Å². The largest absolute Gasteiger partial charge is 0.454 e. The number of rotatable bonds is 4. The van der Waals surface area contributed by atoms with Crippen LogP contribution >= 0.6 is 11.6 Å². The fourth-order valence-corrected chi connectivity index (χ4v) is 2.08. The Morgan fingerprint density at radius 2 is 2.00 bits per heavy atom. The van der Waals surface area contributed by atoms with Gasteiger partial charge in [-0.1, -0.05) is 16.8 Å². The van der Waals surface area contributed by atoms with E-state index in [1.165, 1.54) is 19.2 Å². The van der Waals surface area contributed by atoms with Gasteiger partial charge in [0.25, 0.3) is 5.56 Å². The van der Waals surface area contributed by atoms with Gasteiger partial charge in [0, 0.05) is 29.8 Å². The molecule has 3 rings (SSSR count). The highest BCUT2D eigenvalue weighted by Crippen LogP contribution is 2.22. The van der Waals surface area contributed by atoms with Crippen LogP contribution < -0.4 is 5.56 Å². The second kappa shape index (κ2) is 6.67. The van der Waals surface area contributed by atoms with Crippen molar-refractivity contribution >= 4 is 17.6 Å². The van der Waals surface area contributed by atoms with E-state index < -0.39 is 5.97 Å². The van der Waals surface area contributed by atoms with Crippen LogP contribution in [0.4, 0.5) is 0 Å². The minimum absolute atomic E-state index is 0.0403. The smallest absolute Gasteiger partial charge is 0.359 e.